The van der Waals surface area contributed by atoms with Crippen LogP contribution in [0.1, 0.15) is 78.6 Å². The molecular weight excluding hydrogens is 394 g/mol. The molecule has 0 radical (unpaired) electrons. The number of carbonyl (C=O) groups excluding carboxylic acids is 3. The molecule has 6 heteroatoms. The maximum atomic E-state index is 12.8. The second-order valence-electron chi connectivity index (χ2n) is 11.5. The normalized spacial score (nSPS) is 53.3. The summed E-state index contributed by atoms with van der Waals surface area (Å²) < 4.78 is 5.95. The van der Waals surface area contributed by atoms with E-state index < -0.39 is 28.5 Å². The van der Waals surface area contributed by atoms with Crippen LogP contribution < -0.4 is 0 Å². The topological polar surface area (TPSA) is 104 Å². The number of Topliss-reactive ketones (excluding diaryl/α,β-unsaturated/α-hetero) is 2. The van der Waals surface area contributed by atoms with Gasteiger partial charge in [-0.15, -0.1) is 0 Å². The zero-order chi connectivity index (χ0) is 22.4. The Kier molecular flexibility index (Phi) is 4.36. The molecule has 5 rings (SSSR count). The fourth-order valence-corrected chi connectivity index (χ4v) is 9.40. The first-order valence-electron chi connectivity index (χ1n) is 11.9. The minimum absolute atomic E-state index is 0.113. The predicted molar refractivity (Wildman–Crippen MR) is 110 cm³/mol. The van der Waals surface area contributed by atoms with Crippen molar-refractivity contribution in [3.05, 3.63) is 0 Å². The summed E-state index contributed by atoms with van der Waals surface area (Å²) in [6, 6.07) is 2.48. The average Bonchev–Trinajstić information content (AvgIpc) is 3.22. The van der Waals surface area contributed by atoms with Crippen LogP contribution in [0.2, 0.25) is 0 Å². The number of ether oxygens (including phenoxy) is 1. The van der Waals surface area contributed by atoms with Crippen LogP contribution in [0.15, 0.2) is 0 Å². The lowest BCUT2D eigenvalue weighted by Gasteiger charge is -2.65. The van der Waals surface area contributed by atoms with E-state index >= 15 is 0 Å². The fraction of sp³-hybridized carbons (Fsp3) is 0.840. The number of fused-ring (bicyclic) bond motifs is 6. The fourth-order valence-electron chi connectivity index (χ4n) is 9.40. The average molecular weight is 428 g/mol. The van der Waals surface area contributed by atoms with Crippen molar-refractivity contribution >= 4 is 17.5 Å². The lowest BCUT2D eigenvalue weighted by Crippen LogP contribution is -2.66. The molecular formula is C25H33NO5. The van der Waals surface area contributed by atoms with E-state index in [9.17, 15) is 24.8 Å². The van der Waals surface area contributed by atoms with E-state index in [-0.39, 0.29) is 34.8 Å². The lowest BCUT2D eigenvalue weighted by molar-refractivity contribution is -0.217. The third-order valence-electron chi connectivity index (χ3n) is 10.7. The zero-order valence-electron chi connectivity index (χ0n) is 18.8. The van der Waals surface area contributed by atoms with E-state index in [0.717, 1.165) is 25.7 Å². The van der Waals surface area contributed by atoms with Crippen LogP contribution in [0.3, 0.4) is 0 Å². The Morgan fingerprint density at radius 1 is 1.10 bits per heavy atom. The SMILES string of the molecule is CC(=O)C1C(=O)CC[C@]2(C)C3C(CCC12C#N)C1CC[C@@]2(CCC(=O)O2)[C@@]1(C)C[C@H]3O. The Morgan fingerprint density at radius 3 is 2.45 bits per heavy atom. The first-order valence-corrected chi connectivity index (χ1v) is 11.9. The van der Waals surface area contributed by atoms with Crippen LogP contribution in [-0.4, -0.2) is 34.3 Å². The zero-order valence-corrected chi connectivity index (χ0v) is 18.8. The number of hydrogen-bond acceptors (Lipinski definition) is 6. The predicted octanol–water partition coefficient (Wildman–Crippen LogP) is 3.35. The lowest BCUT2D eigenvalue weighted by atomic mass is 9.37. The molecule has 4 aliphatic carbocycles. The van der Waals surface area contributed by atoms with Crippen LogP contribution in [-0.2, 0) is 19.1 Å². The van der Waals surface area contributed by atoms with E-state index in [4.69, 9.17) is 4.74 Å². The molecule has 0 bridgehead atoms. The van der Waals surface area contributed by atoms with Gasteiger partial charge in [-0.05, 0) is 75.0 Å². The van der Waals surface area contributed by atoms with Gasteiger partial charge in [0.05, 0.1) is 23.5 Å². The maximum absolute atomic E-state index is 12.8. The molecule has 5 unspecified atom stereocenters. The van der Waals surface area contributed by atoms with Gasteiger partial charge in [0.1, 0.15) is 17.2 Å². The summed E-state index contributed by atoms with van der Waals surface area (Å²) in [4.78, 5) is 37.4. The van der Waals surface area contributed by atoms with Gasteiger partial charge in [0.15, 0.2) is 0 Å². The first-order chi connectivity index (χ1) is 14.6. The molecule has 168 valence electrons. The van der Waals surface area contributed by atoms with E-state index in [1.54, 1.807) is 0 Å². The molecule has 1 saturated heterocycles. The number of carbonyl (C=O) groups is 3. The summed E-state index contributed by atoms with van der Waals surface area (Å²) in [5, 5.41) is 22.0. The van der Waals surface area contributed by atoms with E-state index in [2.05, 4.69) is 19.9 Å². The highest BCUT2D eigenvalue weighted by Crippen LogP contribution is 2.73. The number of rotatable bonds is 1. The van der Waals surface area contributed by atoms with Crippen LogP contribution >= 0.6 is 0 Å². The van der Waals surface area contributed by atoms with Crippen molar-refractivity contribution in [1.29, 1.82) is 5.26 Å². The highest BCUT2D eigenvalue weighted by Gasteiger charge is 2.73. The highest BCUT2D eigenvalue weighted by molar-refractivity contribution is 6.03. The van der Waals surface area contributed by atoms with Crippen molar-refractivity contribution in [1.82, 2.24) is 0 Å². The first kappa shape index (κ1) is 21.1. The van der Waals surface area contributed by atoms with Crippen molar-refractivity contribution < 1.29 is 24.2 Å². The Labute approximate surface area is 183 Å². The Balaban J connectivity index is 1.57. The number of aliphatic hydroxyl groups is 1. The maximum Gasteiger partial charge on any atom is 0.306 e. The van der Waals surface area contributed by atoms with Crippen LogP contribution in [0.5, 0.6) is 0 Å². The number of esters is 1. The molecule has 0 aromatic carbocycles. The third-order valence-corrected chi connectivity index (χ3v) is 10.7. The standard InChI is InChI=1S/C25H33NO5/c1-14(27)20-17(28)6-8-22(2)21-15(4-9-24(20,22)13-26)16-5-10-25(11-7-19(30)31-25)23(16,3)12-18(21)29/h15-16,18,20-21,29H,4-12H2,1-3H3/t15?,16?,18-,20?,21?,22-,23+,24?,25-/m1/s1. The molecule has 9 atom stereocenters. The van der Waals surface area contributed by atoms with Gasteiger partial charge in [0.2, 0.25) is 0 Å². The number of aliphatic hydroxyl groups excluding tert-OH is 1. The molecule has 1 spiro atoms. The molecule has 1 heterocycles. The van der Waals surface area contributed by atoms with Gasteiger partial charge in [0.25, 0.3) is 0 Å². The third kappa shape index (κ3) is 2.34. The van der Waals surface area contributed by atoms with Gasteiger partial charge in [-0.2, -0.15) is 5.26 Å². The van der Waals surface area contributed by atoms with Gasteiger partial charge < -0.3 is 9.84 Å². The van der Waals surface area contributed by atoms with Gasteiger partial charge in [-0.3, -0.25) is 14.4 Å². The smallest absolute Gasteiger partial charge is 0.306 e. The highest BCUT2D eigenvalue weighted by atomic mass is 16.6. The second-order valence-corrected chi connectivity index (χ2v) is 11.5. The van der Waals surface area contributed by atoms with Gasteiger partial charge in [0, 0.05) is 18.3 Å². The molecule has 5 aliphatic rings. The summed E-state index contributed by atoms with van der Waals surface area (Å²) in [7, 11) is 0. The van der Waals surface area contributed by atoms with E-state index in [0.29, 0.717) is 38.0 Å². The van der Waals surface area contributed by atoms with Gasteiger partial charge in [-0.25, -0.2) is 0 Å². The minimum atomic E-state index is -1.04. The van der Waals surface area contributed by atoms with Crippen LogP contribution in [0.25, 0.3) is 0 Å². The number of nitriles is 1. The molecule has 1 N–H and O–H groups in total. The van der Waals surface area contributed by atoms with Crippen molar-refractivity contribution in [3.63, 3.8) is 0 Å². The largest absolute Gasteiger partial charge is 0.458 e. The summed E-state index contributed by atoms with van der Waals surface area (Å²) in [6.45, 7) is 5.69. The van der Waals surface area contributed by atoms with Crippen molar-refractivity contribution in [3.8, 4) is 6.07 Å². The van der Waals surface area contributed by atoms with Crippen molar-refractivity contribution in [2.75, 3.05) is 0 Å². The Bertz CT molecular complexity index is 908. The Hall–Kier alpha value is -1.74. The second kappa shape index (κ2) is 6.41. The molecule has 31 heavy (non-hydrogen) atoms. The number of nitrogens with zero attached hydrogens (tertiary/aromatic N) is 1. The van der Waals surface area contributed by atoms with E-state index in [1.807, 2.05) is 0 Å². The number of hydrogen-bond donors (Lipinski definition) is 1. The molecule has 5 fully saturated rings. The molecule has 0 aromatic heterocycles. The van der Waals surface area contributed by atoms with E-state index in [1.165, 1.54) is 6.92 Å². The molecule has 0 amide bonds. The summed E-state index contributed by atoms with van der Waals surface area (Å²) in [5.74, 6) is -0.952. The molecule has 1 aliphatic heterocycles. The molecule has 6 nitrogen and oxygen atoms in total. The van der Waals surface area contributed by atoms with Crippen molar-refractivity contribution in [2.45, 2.75) is 90.3 Å². The van der Waals surface area contributed by atoms with Crippen molar-refractivity contribution in [2.24, 2.45) is 39.9 Å². The van der Waals surface area contributed by atoms with Gasteiger partial charge >= 0.3 is 5.97 Å². The molecule has 0 aromatic rings. The molecule has 4 saturated carbocycles. The summed E-state index contributed by atoms with van der Waals surface area (Å²) in [5.41, 5.74) is -2.37. The summed E-state index contributed by atoms with van der Waals surface area (Å²) >= 11 is 0. The monoisotopic (exact) mass is 427 g/mol. The minimum Gasteiger partial charge on any atom is -0.458 e. The quantitative estimate of drug-likeness (QED) is 0.508. The van der Waals surface area contributed by atoms with Gasteiger partial charge in [-0.1, -0.05) is 13.8 Å². The Morgan fingerprint density at radius 2 is 1.84 bits per heavy atom. The van der Waals surface area contributed by atoms with Crippen LogP contribution in [0.4, 0.5) is 0 Å². The van der Waals surface area contributed by atoms with Crippen LogP contribution in [0, 0.1) is 51.2 Å². The summed E-state index contributed by atoms with van der Waals surface area (Å²) in [6.07, 6.45) is 4.96. The number of ketones is 2.